The minimum atomic E-state index is -3.15. The average molecular weight is 333 g/mol. The Morgan fingerprint density at radius 3 is 2.50 bits per heavy atom. The van der Waals surface area contributed by atoms with Crippen LogP contribution in [0.4, 0.5) is 0 Å². The molecule has 0 aromatic rings. The Labute approximate surface area is 135 Å². The van der Waals surface area contributed by atoms with E-state index in [2.05, 4.69) is 18.7 Å². The molecule has 1 aliphatic heterocycles. The van der Waals surface area contributed by atoms with Gasteiger partial charge in [-0.2, -0.15) is 4.31 Å². The first-order valence-corrected chi connectivity index (χ1v) is 10.6. The summed E-state index contributed by atoms with van der Waals surface area (Å²) < 4.78 is 25.9. The molecule has 0 bridgehead atoms. The number of nitrogens with zero attached hydrogens (tertiary/aromatic N) is 2. The first kappa shape index (κ1) is 18.2. The zero-order valence-corrected chi connectivity index (χ0v) is 15.1. The van der Waals surface area contributed by atoms with Gasteiger partial charge in [-0.15, -0.1) is 0 Å². The zero-order valence-electron chi connectivity index (χ0n) is 14.3. The Hall–Kier alpha value is -0.170. The van der Waals surface area contributed by atoms with Crippen molar-refractivity contribution in [1.29, 1.82) is 0 Å². The predicted octanol–water partition coefficient (Wildman–Crippen LogP) is 2.02. The van der Waals surface area contributed by atoms with Crippen molar-refractivity contribution in [1.82, 2.24) is 9.21 Å². The lowest BCUT2D eigenvalue weighted by Gasteiger charge is -2.41. The summed E-state index contributed by atoms with van der Waals surface area (Å²) in [4.78, 5) is 2.10. The molecule has 2 fully saturated rings. The van der Waals surface area contributed by atoms with E-state index in [0.29, 0.717) is 13.0 Å². The van der Waals surface area contributed by atoms with Crippen LogP contribution < -0.4 is 0 Å². The van der Waals surface area contributed by atoms with Crippen LogP contribution in [-0.2, 0) is 10.0 Å². The van der Waals surface area contributed by atoms with Gasteiger partial charge in [-0.25, -0.2) is 8.42 Å². The van der Waals surface area contributed by atoms with Gasteiger partial charge in [0, 0.05) is 19.1 Å². The molecule has 1 saturated heterocycles. The van der Waals surface area contributed by atoms with Crippen LogP contribution in [0.15, 0.2) is 0 Å². The summed E-state index contributed by atoms with van der Waals surface area (Å²) in [6.07, 6.45) is 7.70. The third kappa shape index (κ3) is 4.02. The molecule has 6 heteroatoms. The van der Waals surface area contributed by atoms with E-state index in [9.17, 15) is 13.5 Å². The van der Waals surface area contributed by atoms with Gasteiger partial charge in [0.05, 0.1) is 6.26 Å². The standard InChI is InChI=1S/C16H32N2O3S/c1-4-11-17(5-2)15(19)13-16(9-10-16)14-8-6-7-12-18(14)22(3,20)21/h14-15,19H,4-13H2,1-3H3/t14-,15?/m1/s1. The molecule has 1 heterocycles. The second-order valence-electron chi connectivity index (χ2n) is 7.06. The minimum Gasteiger partial charge on any atom is -0.378 e. The van der Waals surface area contributed by atoms with E-state index in [-0.39, 0.29) is 11.5 Å². The summed E-state index contributed by atoms with van der Waals surface area (Å²) in [5.74, 6) is 0. The van der Waals surface area contributed by atoms with E-state index in [0.717, 1.165) is 51.6 Å². The van der Waals surface area contributed by atoms with Crippen LogP contribution >= 0.6 is 0 Å². The molecule has 5 nitrogen and oxygen atoms in total. The molecule has 0 spiro atoms. The van der Waals surface area contributed by atoms with E-state index in [4.69, 9.17) is 0 Å². The van der Waals surface area contributed by atoms with Gasteiger partial charge in [0.15, 0.2) is 0 Å². The summed E-state index contributed by atoms with van der Waals surface area (Å²) in [7, 11) is -3.15. The minimum absolute atomic E-state index is 0.00405. The summed E-state index contributed by atoms with van der Waals surface area (Å²) in [5.41, 5.74) is 0.00405. The fourth-order valence-electron chi connectivity index (χ4n) is 4.05. The lowest BCUT2D eigenvalue weighted by atomic mass is 9.86. The third-order valence-corrected chi connectivity index (χ3v) is 6.70. The molecule has 1 N–H and O–H groups in total. The van der Waals surface area contributed by atoms with Gasteiger partial charge in [-0.05, 0) is 50.5 Å². The summed E-state index contributed by atoms with van der Waals surface area (Å²) in [5, 5.41) is 10.6. The fraction of sp³-hybridized carbons (Fsp3) is 1.00. The van der Waals surface area contributed by atoms with E-state index in [1.165, 1.54) is 6.26 Å². The molecule has 2 aliphatic rings. The van der Waals surface area contributed by atoms with Crippen molar-refractivity contribution in [3.63, 3.8) is 0 Å². The van der Waals surface area contributed by atoms with Gasteiger partial charge >= 0.3 is 0 Å². The third-order valence-electron chi connectivity index (χ3n) is 5.41. The molecular formula is C16H32N2O3S. The Kier molecular flexibility index (Phi) is 5.91. The Balaban J connectivity index is 2.09. The summed E-state index contributed by atoms with van der Waals surface area (Å²) >= 11 is 0. The first-order chi connectivity index (χ1) is 10.3. The molecule has 2 atom stereocenters. The highest BCUT2D eigenvalue weighted by Gasteiger charge is 2.54. The smallest absolute Gasteiger partial charge is 0.211 e. The maximum Gasteiger partial charge on any atom is 0.211 e. The number of piperidine rings is 1. The average Bonchev–Trinajstić information content (AvgIpc) is 3.24. The van der Waals surface area contributed by atoms with Crippen LogP contribution in [-0.4, -0.2) is 60.9 Å². The number of hydrogen-bond acceptors (Lipinski definition) is 4. The number of aliphatic hydroxyl groups is 1. The van der Waals surface area contributed by atoms with Gasteiger partial charge < -0.3 is 5.11 Å². The molecular weight excluding hydrogens is 300 g/mol. The number of hydrogen-bond donors (Lipinski definition) is 1. The Morgan fingerprint density at radius 1 is 1.32 bits per heavy atom. The molecule has 0 aromatic carbocycles. The zero-order chi connectivity index (χ0) is 16.4. The van der Waals surface area contributed by atoms with Crippen molar-refractivity contribution < 1.29 is 13.5 Å². The molecule has 1 aliphatic carbocycles. The second-order valence-corrected chi connectivity index (χ2v) is 9.00. The maximum atomic E-state index is 12.1. The Bertz CT molecular complexity index is 462. The topological polar surface area (TPSA) is 60.9 Å². The summed E-state index contributed by atoms with van der Waals surface area (Å²) in [6.45, 7) is 6.57. The van der Waals surface area contributed by atoms with Crippen molar-refractivity contribution >= 4 is 10.0 Å². The molecule has 0 radical (unpaired) electrons. The predicted molar refractivity (Wildman–Crippen MR) is 89.0 cm³/mol. The van der Waals surface area contributed by atoms with Crippen molar-refractivity contribution in [3.8, 4) is 0 Å². The highest BCUT2D eigenvalue weighted by molar-refractivity contribution is 7.88. The van der Waals surface area contributed by atoms with E-state index >= 15 is 0 Å². The van der Waals surface area contributed by atoms with Crippen molar-refractivity contribution in [2.24, 2.45) is 5.41 Å². The monoisotopic (exact) mass is 332 g/mol. The van der Waals surface area contributed by atoms with Gasteiger partial charge in [-0.3, -0.25) is 4.90 Å². The number of rotatable bonds is 8. The highest BCUT2D eigenvalue weighted by atomic mass is 32.2. The van der Waals surface area contributed by atoms with Gasteiger partial charge in [-0.1, -0.05) is 20.3 Å². The molecule has 2 rings (SSSR count). The van der Waals surface area contributed by atoms with E-state index in [1.54, 1.807) is 4.31 Å². The number of sulfonamides is 1. The van der Waals surface area contributed by atoms with Crippen molar-refractivity contribution in [2.75, 3.05) is 25.9 Å². The second kappa shape index (κ2) is 7.16. The SMILES string of the molecule is CCCN(CC)C(O)CC1([C@H]2CCCCN2S(C)(=O)=O)CC1. The molecule has 1 saturated carbocycles. The van der Waals surface area contributed by atoms with Gasteiger partial charge in [0.2, 0.25) is 10.0 Å². The molecule has 1 unspecified atom stereocenters. The van der Waals surface area contributed by atoms with Crippen LogP contribution in [0.2, 0.25) is 0 Å². The quantitative estimate of drug-likeness (QED) is 0.691. The van der Waals surface area contributed by atoms with Crippen molar-refractivity contribution in [2.45, 2.75) is 71.1 Å². The largest absolute Gasteiger partial charge is 0.378 e. The molecule has 0 amide bonds. The fourth-order valence-corrected chi connectivity index (χ4v) is 5.30. The van der Waals surface area contributed by atoms with Crippen LogP contribution in [0.1, 0.15) is 58.8 Å². The molecule has 22 heavy (non-hydrogen) atoms. The number of aliphatic hydroxyl groups excluding tert-OH is 1. The molecule has 130 valence electrons. The van der Waals surface area contributed by atoms with Crippen LogP contribution in [0.25, 0.3) is 0 Å². The lowest BCUT2D eigenvalue weighted by molar-refractivity contribution is -0.0251. The highest BCUT2D eigenvalue weighted by Crippen LogP contribution is 2.56. The first-order valence-electron chi connectivity index (χ1n) is 8.73. The maximum absolute atomic E-state index is 12.1. The van der Waals surface area contributed by atoms with Crippen LogP contribution in [0.5, 0.6) is 0 Å². The Morgan fingerprint density at radius 2 is 2.00 bits per heavy atom. The van der Waals surface area contributed by atoms with Crippen LogP contribution in [0, 0.1) is 5.41 Å². The van der Waals surface area contributed by atoms with Crippen molar-refractivity contribution in [3.05, 3.63) is 0 Å². The van der Waals surface area contributed by atoms with Gasteiger partial charge in [0.1, 0.15) is 6.23 Å². The normalized spacial score (nSPS) is 27.0. The van der Waals surface area contributed by atoms with E-state index in [1.807, 2.05) is 0 Å². The molecule has 0 aromatic heterocycles. The lowest BCUT2D eigenvalue weighted by Crippen LogP contribution is -2.50. The van der Waals surface area contributed by atoms with Gasteiger partial charge in [0.25, 0.3) is 0 Å². The van der Waals surface area contributed by atoms with E-state index < -0.39 is 16.3 Å². The van der Waals surface area contributed by atoms with Crippen LogP contribution in [0.3, 0.4) is 0 Å². The summed E-state index contributed by atoms with van der Waals surface area (Å²) in [6, 6.07) is 0.0891.